The highest BCUT2D eigenvalue weighted by Crippen LogP contribution is 2.34. The minimum absolute atomic E-state index is 0.0898. The van der Waals surface area contributed by atoms with Crippen molar-refractivity contribution in [2.75, 3.05) is 18.5 Å². The standard InChI is InChI=1S/C21H18FN3O3S/c1-23-20(27)18-11-25(16-4-2-3-5-17(16)28-18)19(26)10-15-12-29-21(24-15)13-6-8-14(22)9-7-13/h2-9,12,18H,10-11H2,1H3,(H,23,27). The molecule has 1 aliphatic heterocycles. The first-order chi connectivity index (χ1) is 14.0. The minimum atomic E-state index is -0.774. The second-order valence-electron chi connectivity index (χ2n) is 6.52. The molecule has 1 N–H and O–H groups in total. The average molecular weight is 411 g/mol. The number of rotatable bonds is 4. The Labute approximate surface area is 171 Å². The topological polar surface area (TPSA) is 71.5 Å². The number of amides is 2. The molecule has 6 nitrogen and oxygen atoms in total. The molecule has 0 saturated heterocycles. The predicted molar refractivity (Wildman–Crippen MR) is 108 cm³/mol. The third-order valence-electron chi connectivity index (χ3n) is 4.59. The Kier molecular flexibility index (Phi) is 5.26. The van der Waals surface area contributed by atoms with Crippen LogP contribution >= 0.6 is 11.3 Å². The molecule has 2 amide bonds. The molecule has 1 aromatic heterocycles. The van der Waals surface area contributed by atoms with Crippen LogP contribution < -0.4 is 15.0 Å². The lowest BCUT2D eigenvalue weighted by Crippen LogP contribution is -2.50. The van der Waals surface area contributed by atoms with Gasteiger partial charge in [-0.05, 0) is 36.4 Å². The largest absolute Gasteiger partial charge is 0.477 e. The van der Waals surface area contributed by atoms with Gasteiger partial charge in [0, 0.05) is 18.0 Å². The fourth-order valence-electron chi connectivity index (χ4n) is 3.13. The summed E-state index contributed by atoms with van der Waals surface area (Å²) in [4.78, 5) is 31.2. The van der Waals surface area contributed by atoms with E-state index >= 15 is 0 Å². The molecule has 4 rings (SSSR count). The molecule has 148 valence electrons. The summed E-state index contributed by atoms with van der Waals surface area (Å²) in [5.41, 5.74) is 2.05. The number of carbonyl (C=O) groups excluding carboxylic acids is 2. The SMILES string of the molecule is CNC(=O)C1CN(C(=O)Cc2csc(-c3ccc(F)cc3)n2)c2ccccc2O1. The van der Waals surface area contributed by atoms with E-state index in [1.54, 1.807) is 35.2 Å². The van der Waals surface area contributed by atoms with Crippen LogP contribution in [0.15, 0.2) is 53.9 Å². The van der Waals surface area contributed by atoms with Crippen molar-refractivity contribution >= 4 is 28.8 Å². The van der Waals surface area contributed by atoms with Crippen LogP contribution in [0.2, 0.25) is 0 Å². The van der Waals surface area contributed by atoms with Gasteiger partial charge in [0.2, 0.25) is 5.91 Å². The number of anilines is 1. The summed E-state index contributed by atoms with van der Waals surface area (Å²) in [6, 6.07) is 13.2. The van der Waals surface area contributed by atoms with Crippen LogP contribution in [-0.2, 0) is 16.0 Å². The number of likely N-dealkylation sites (N-methyl/N-ethyl adjacent to an activating group) is 1. The molecule has 0 saturated carbocycles. The number of ether oxygens (including phenoxy) is 1. The summed E-state index contributed by atoms with van der Waals surface area (Å²) in [6.45, 7) is 0.129. The Morgan fingerprint density at radius 3 is 2.76 bits per heavy atom. The number of para-hydroxylation sites is 2. The van der Waals surface area contributed by atoms with Crippen LogP contribution in [0.25, 0.3) is 10.6 Å². The molecule has 1 aliphatic rings. The van der Waals surface area contributed by atoms with Gasteiger partial charge >= 0.3 is 0 Å². The second kappa shape index (κ2) is 8.00. The van der Waals surface area contributed by atoms with Crippen molar-refractivity contribution in [3.63, 3.8) is 0 Å². The Morgan fingerprint density at radius 1 is 1.24 bits per heavy atom. The molecule has 0 spiro atoms. The molecule has 3 aromatic rings. The molecular formula is C21H18FN3O3S. The van der Waals surface area contributed by atoms with Gasteiger partial charge in [0.1, 0.15) is 16.6 Å². The molecule has 1 unspecified atom stereocenters. The number of nitrogens with zero attached hydrogens (tertiary/aromatic N) is 2. The van der Waals surface area contributed by atoms with E-state index in [9.17, 15) is 14.0 Å². The van der Waals surface area contributed by atoms with Crippen LogP contribution in [0.5, 0.6) is 5.75 Å². The van der Waals surface area contributed by atoms with Gasteiger partial charge in [0.05, 0.1) is 24.3 Å². The average Bonchev–Trinajstić information content (AvgIpc) is 3.21. The molecule has 8 heteroatoms. The summed E-state index contributed by atoms with van der Waals surface area (Å²) < 4.78 is 18.9. The van der Waals surface area contributed by atoms with Gasteiger partial charge < -0.3 is 15.0 Å². The molecule has 2 aromatic carbocycles. The van der Waals surface area contributed by atoms with Gasteiger partial charge in [0.15, 0.2) is 6.10 Å². The van der Waals surface area contributed by atoms with Crippen molar-refractivity contribution in [1.29, 1.82) is 0 Å². The highest BCUT2D eigenvalue weighted by Gasteiger charge is 2.33. The van der Waals surface area contributed by atoms with Crippen molar-refractivity contribution in [2.24, 2.45) is 0 Å². The van der Waals surface area contributed by atoms with Crippen LogP contribution in [0.4, 0.5) is 10.1 Å². The third kappa shape index (κ3) is 3.97. The van der Waals surface area contributed by atoms with E-state index in [1.165, 1.54) is 30.5 Å². The zero-order chi connectivity index (χ0) is 20.4. The molecule has 0 bridgehead atoms. The summed E-state index contributed by atoms with van der Waals surface area (Å²) in [6.07, 6.45) is -0.684. The zero-order valence-corrected chi connectivity index (χ0v) is 16.4. The maximum absolute atomic E-state index is 13.1. The van der Waals surface area contributed by atoms with Crippen LogP contribution in [0.1, 0.15) is 5.69 Å². The highest BCUT2D eigenvalue weighted by molar-refractivity contribution is 7.13. The zero-order valence-electron chi connectivity index (χ0n) is 15.6. The first kappa shape index (κ1) is 19.1. The van der Waals surface area contributed by atoms with E-state index in [-0.39, 0.29) is 30.6 Å². The van der Waals surface area contributed by atoms with E-state index in [1.807, 2.05) is 11.4 Å². The number of benzene rings is 2. The Bertz CT molecular complexity index is 1050. The molecule has 29 heavy (non-hydrogen) atoms. The van der Waals surface area contributed by atoms with Gasteiger partial charge in [-0.3, -0.25) is 9.59 Å². The Morgan fingerprint density at radius 2 is 2.00 bits per heavy atom. The Hall–Kier alpha value is -3.26. The van der Waals surface area contributed by atoms with Crippen LogP contribution in [0.3, 0.4) is 0 Å². The van der Waals surface area contributed by atoms with E-state index < -0.39 is 6.10 Å². The highest BCUT2D eigenvalue weighted by atomic mass is 32.1. The summed E-state index contributed by atoms with van der Waals surface area (Å²) in [7, 11) is 1.53. The number of hydrogen-bond acceptors (Lipinski definition) is 5. The first-order valence-electron chi connectivity index (χ1n) is 9.03. The van der Waals surface area contributed by atoms with E-state index in [0.29, 0.717) is 17.1 Å². The van der Waals surface area contributed by atoms with Crippen molar-refractivity contribution in [3.05, 3.63) is 65.4 Å². The lowest BCUT2D eigenvalue weighted by Gasteiger charge is -2.34. The molecule has 2 heterocycles. The smallest absolute Gasteiger partial charge is 0.262 e. The Balaban J connectivity index is 1.55. The number of hydrogen-bond donors (Lipinski definition) is 1. The number of thiazole rings is 1. The van der Waals surface area contributed by atoms with E-state index in [0.717, 1.165) is 10.6 Å². The molecular weight excluding hydrogens is 393 g/mol. The quantitative estimate of drug-likeness (QED) is 0.716. The monoisotopic (exact) mass is 411 g/mol. The van der Waals surface area contributed by atoms with Gasteiger partial charge in [-0.2, -0.15) is 0 Å². The first-order valence-corrected chi connectivity index (χ1v) is 9.91. The molecule has 0 aliphatic carbocycles. The summed E-state index contributed by atoms with van der Waals surface area (Å²) in [5, 5.41) is 5.10. The second-order valence-corrected chi connectivity index (χ2v) is 7.38. The van der Waals surface area contributed by atoms with Gasteiger partial charge in [0.25, 0.3) is 5.91 Å². The number of carbonyl (C=O) groups is 2. The van der Waals surface area contributed by atoms with Gasteiger partial charge in [-0.15, -0.1) is 11.3 Å². The fourth-order valence-corrected chi connectivity index (χ4v) is 3.96. The predicted octanol–water partition coefficient (Wildman–Crippen LogP) is 3.03. The lowest BCUT2D eigenvalue weighted by atomic mass is 10.1. The fraction of sp³-hybridized carbons (Fsp3) is 0.190. The van der Waals surface area contributed by atoms with Crippen LogP contribution in [0, 0.1) is 5.82 Å². The number of halogens is 1. The van der Waals surface area contributed by atoms with Gasteiger partial charge in [-0.1, -0.05) is 12.1 Å². The summed E-state index contributed by atoms with van der Waals surface area (Å²) in [5.74, 6) is -0.279. The normalized spacial score (nSPS) is 15.4. The third-order valence-corrected chi connectivity index (χ3v) is 5.53. The number of fused-ring (bicyclic) bond motifs is 1. The molecule has 1 atom stereocenters. The van der Waals surface area contributed by atoms with E-state index in [2.05, 4.69) is 10.3 Å². The van der Waals surface area contributed by atoms with Crippen molar-refractivity contribution in [1.82, 2.24) is 10.3 Å². The summed E-state index contributed by atoms with van der Waals surface area (Å²) >= 11 is 1.40. The van der Waals surface area contributed by atoms with Crippen molar-refractivity contribution < 1.29 is 18.7 Å². The number of nitrogens with one attached hydrogen (secondary N) is 1. The van der Waals surface area contributed by atoms with Crippen LogP contribution in [-0.4, -0.2) is 36.5 Å². The van der Waals surface area contributed by atoms with Crippen molar-refractivity contribution in [3.8, 4) is 16.3 Å². The maximum Gasteiger partial charge on any atom is 0.262 e. The van der Waals surface area contributed by atoms with Gasteiger partial charge in [-0.25, -0.2) is 9.37 Å². The lowest BCUT2D eigenvalue weighted by molar-refractivity contribution is -0.127. The molecule has 0 fully saturated rings. The number of aromatic nitrogens is 1. The van der Waals surface area contributed by atoms with E-state index in [4.69, 9.17) is 4.74 Å². The van der Waals surface area contributed by atoms with Crippen molar-refractivity contribution in [2.45, 2.75) is 12.5 Å². The maximum atomic E-state index is 13.1. The minimum Gasteiger partial charge on any atom is -0.477 e. The molecule has 0 radical (unpaired) electrons.